The van der Waals surface area contributed by atoms with Gasteiger partial charge >= 0.3 is 0 Å². The van der Waals surface area contributed by atoms with Gasteiger partial charge in [0.25, 0.3) is 0 Å². The Labute approximate surface area is 127 Å². The molecule has 2 aromatic rings. The molecular weight excluding hydrogens is 321 g/mol. The highest BCUT2D eigenvalue weighted by Crippen LogP contribution is 2.26. The molecule has 0 aliphatic carbocycles. The van der Waals surface area contributed by atoms with Crippen molar-refractivity contribution in [2.75, 3.05) is 6.54 Å². The van der Waals surface area contributed by atoms with E-state index in [0.717, 1.165) is 25.1 Å². The normalized spacial score (nSPS) is 12.6. The fourth-order valence-electron chi connectivity index (χ4n) is 2.34. The van der Waals surface area contributed by atoms with E-state index in [1.807, 2.05) is 36.9 Å². The molecule has 0 saturated carbocycles. The number of benzene rings is 1. The van der Waals surface area contributed by atoms with Crippen LogP contribution in [0.5, 0.6) is 0 Å². The number of rotatable bonds is 6. The maximum absolute atomic E-state index is 14.2. The summed E-state index contributed by atoms with van der Waals surface area (Å²) in [5, 5.41) is 7.52. The van der Waals surface area contributed by atoms with Gasteiger partial charge in [0.15, 0.2) is 0 Å². The third-order valence-electron chi connectivity index (χ3n) is 3.42. The molecule has 0 radical (unpaired) electrons. The summed E-state index contributed by atoms with van der Waals surface area (Å²) in [5.41, 5.74) is 1.87. The molecule has 3 nitrogen and oxygen atoms in total. The number of aromatic nitrogens is 2. The molecule has 0 aliphatic rings. The first kappa shape index (κ1) is 15.2. The molecule has 1 unspecified atom stereocenters. The summed E-state index contributed by atoms with van der Waals surface area (Å²) in [5.74, 6) is -0.177. The Kier molecular flexibility index (Phi) is 5.31. The first-order chi connectivity index (χ1) is 9.63. The third-order valence-corrected chi connectivity index (χ3v) is 4.03. The van der Waals surface area contributed by atoms with Crippen molar-refractivity contribution in [1.82, 2.24) is 15.1 Å². The number of nitrogens with zero attached hydrogens (tertiary/aromatic N) is 2. The van der Waals surface area contributed by atoms with Crippen molar-refractivity contribution in [3.8, 4) is 0 Å². The number of halogens is 2. The number of aryl methyl sites for hydroxylation is 2. The maximum Gasteiger partial charge on any atom is 0.142 e. The average molecular weight is 340 g/mol. The van der Waals surface area contributed by atoms with Crippen molar-refractivity contribution < 1.29 is 4.39 Å². The van der Waals surface area contributed by atoms with Crippen LogP contribution >= 0.6 is 15.9 Å². The van der Waals surface area contributed by atoms with Gasteiger partial charge in [0.1, 0.15) is 5.82 Å². The number of hydrogen-bond acceptors (Lipinski definition) is 2. The largest absolute Gasteiger partial charge is 0.310 e. The van der Waals surface area contributed by atoms with Gasteiger partial charge < -0.3 is 5.32 Å². The van der Waals surface area contributed by atoms with Crippen LogP contribution in [-0.2, 0) is 13.5 Å². The zero-order valence-electron chi connectivity index (χ0n) is 11.7. The van der Waals surface area contributed by atoms with Crippen LogP contribution in [0.25, 0.3) is 0 Å². The molecule has 20 heavy (non-hydrogen) atoms. The Morgan fingerprint density at radius 3 is 2.85 bits per heavy atom. The van der Waals surface area contributed by atoms with Crippen molar-refractivity contribution in [3.05, 3.63) is 52.0 Å². The Morgan fingerprint density at radius 2 is 2.20 bits per heavy atom. The van der Waals surface area contributed by atoms with Crippen molar-refractivity contribution in [2.24, 2.45) is 7.05 Å². The second-order valence-corrected chi connectivity index (χ2v) is 5.59. The Morgan fingerprint density at radius 1 is 1.40 bits per heavy atom. The lowest BCUT2D eigenvalue weighted by molar-refractivity contribution is 0.477. The fourth-order valence-corrected chi connectivity index (χ4v) is 2.72. The SMILES string of the molecule is CCNC(CCc1ccnn1C)c1cccc(Br)c1F. The third kappa shape index (κ3) is 3.46. The molecule has 108 valence electrons. The van der Waals surface area contributed by atoms with Gasteiger partial charge in [-0.25, -0.2) is 4.39 Å². The molecule has 1 heterocycles. The predicted octanol–water partition coefficient (Wildman–Crippen LogP) is 3.61. The van der Waals surface area contributed by atoms with E-state index in [-0.39, 0.29) is 11.9 Å². The summed E-state index contributed by atoms with van der Waals surface area (Å²) in [6, 6.07) is 7.45. The van der Waals surface area contributed by atoms with Gasteiger partial charge in [0.2, 0.25) is 0 Å². The topological polar surface area (TPSA) is 29.9 Å². The molecular formula is C15H19BrFN3. The highest BCUT2D eigenvalue weighted by Gasteiger charge is 2.17. The quantitative estimate of drug-likeness (QED) is 0.871. The van der Waals surface area contributed by atoms with Crippen LogP contribution in [0, 0.1) is 5.82 Å². The number of hydrogen-bond donors (Lipinski definition) is 1. The van der Waals surface area contributed by atoms with E-state index in [4.69, 9.17) is 0 Å². The smallest absolute Gasteiger partial charge is 0.142 e. The van der Waals surface area contributed by atoms with Gasteiger partial charge in [-0.2, -0.15) is 5.10 Å². The molecule has 1 atom stereocenters. The molecule has 0 saturated heterocycles. The second-order valence-electron chi connectivity index (χ2n) is 4.74. The van der Waals surface area contributed by atoms with E-state index in [9.17, 15) is 4.39 Å². The average Bonchev–Trinajstić information content (AvgIpc) is 2.84. The zero-order valence-corrected chi connectivity index (χ0v) is 13.3. The summed E-state index contributed by atoms with van der Waals surface area (Å²) < 4.78 is 16.6. The van der Waals surface area contributed by atoms with E-state index in [2.05, 4.69) is 26.3 Å². The van der Waals surface area contributed by atoms with Gasteiger partial charge in [0.05, 0.1) is 4.47 Å². The summed E-state index contributed by atoms with van der Waals surface area (Å²) in [6.07, 6.45) is 3.48. The molecule has 1 N–H and O–H groups in total. The van der Waals surface area contributed by atoms with Gasteiger partial charge in [-0.05, 0) is 47.4 Å². The van der Waals surface area contributed by atoms with Crippen LogP contribution in [0.15, 0.2) is 34.9 Å². The lowest BCUT2D eigenvalue weighted by Gasteiger charge is -2.19. The van der Waals surface area contributed by atoms with E-state index >= 15 is 0 Å². The standard InChI is InChI=1S/C15H19BrFN3/c1-3-18-14(8-7-11-9-10-19-20(11)2)12-5-4-6-13(16)15(12)17/h4-6,9-10,14,18H,3,7-8H2,1-2H3. The van der Waals surface area contributed by atoms with E-state index in [1.165, 1.54) is 0 Å². The molecule has 5 heteroatoms. The molecule has 0 amide bonds. The molecule has 0 bridgehead atoms. The minimum absolute atomic E-state index is 0.00685. The number of nitrogens with one attached hydrogen (secondary N) is 1. The highest BCUT2D eigenvalue weighted by atomic mass is 79.9. The van der Waals surface area contributed by atoms with Gasteiger partial charge in [-0.3, -0.25) is 4.68 Å². The molecule has 0 aliphatic heterocycles. The van der Waals surface area contributed by atoms with Crippen molar-refractivity contribution in [3.63, 3.8) is 0 Å². The Balaban J connectivity index is 2.14. The monoisotopic (exact) mass is 339 g/mol. The van der Waals surface area contributed by atoms with E-state index in [0.29, 0.717) is 10.0 Å². The fraction of sp³-hybridized carbons (Fsp3) is 0.400. The molecule has 1 aromatic heterocycles. The summed E-state index contributed by atoms with van der Waals surface area (Å²) >= 11 is 3.25. The van der Waals surface area contributed by atoms with Gasteiger partial charge in [-0.1, -0.05) is 19.1 Å². The van der Waals surface area contributed by atoms with Crippen LogP contribution in [0.4, 0.5) is 4.39 Å². The van der Waals surface area contributed by atoms with E-state index in [1.54, 1.807) is 12.3 Å². The zero-order chi connectivity index (χ0) is 14.5. The van der Waals surface area contributed by atoms with Gasteiger partial charge in [-0.15, -0.1) is 0 Å². The maximum atomic E-state index is 14.2. The highest BCUT2D eigenvalue weighted by molar-refractivity contribution is 9.10. The Bertz CT molecular complexity index is 568. The van der Waals surface area contributed by atoms with Crippen LogP contribution in [0.2, 0.25) is 0 Å². The minimum atomic E-state index is -0.177. The van der Waals surface area contributed by atoms with Crippen molar-refractivity contribution >= 4 is 15.9 Å². The van der Waals surface area contributed by atoms with Crippen LogP contribution < -0.4 is 5.32 Å². The lowest BCUT2D eigenvalue weighted by atomic mass is 10.0. The van der Waals surface area contributed by atoms with Crippen LogP contribution in [0.3, 0.4) is 0 Å². The lowest BCUT2D eigenvalue weighted by Crippen LogP contribution is -2.23. The molecule has 1 aromatic carbocycles. The van der Waals surface area contributed by atoms with Crippen LogP contribution in [-0.4, -0.2) is 16.3 Å². The van der Waals surface area contributed by atoms with Gasteiger partial charge in [0, 0.05) is 30.5 Å². The molecule has 0 spiro atoms. The first-order valence-corrected chi connectivity index (χ1v) is 7.57. The Hall–Kier alpha value is -1.20. The predicted molar refractivity (Wildman–Crippen MR) is 82.0 cm³/mol. The van der Waals surface area contributed by atoms with Crippen molar-refractivity contribution in [1.29, 1.82) is 0 Å². The molecule has 2 rings (SSSR count). The first-order valence-electron chi connectivity index (χ1n) is 6.77. The summed E-state index contributed by atoms with van der Waals surface area (Å²) in [4.78, 5) is 0. The summed E-state index contributed by atoms with van der Waals surface area (Å²) in [7, 11) is 1.93. The minimum Gasteiger partial charge on any atom is -0.310 e. The van der Waals surface area contributed by atoms with E-state index < -0.39 is 0 Å². The molecule has 0 fully saturated rings. The van der Waals surface area contributed by atoms with Crippen molar-refractivity contribution in [2.45, 2.75) is 25.8 Å². The second kappa shape index (κ2) is 6.99. The summed E-state index contributed by atoms with van der Waals surface area (Å²) in [6.45, 7) is 2.84. The van der Waals surface area contributed by atoms with Crippen LogP contribution in [0.1, 0.15) is 30.6 Å².